The fourth-order valence-electron chi connectivity index (χ4n) is 6.10. The lowest BCUT2D eigenvalue weighted by Gasteiger charge is -2.34. The normalized spacial score (nSPS) is 12.6. The molecule has 6 aromatic rings. The molecular formula is C38H28N2O4. The monoisotopic (exact) mass is 576 g/mol. The minimum atomic E-state index is -0.962. The molecule has 6 heteroatoms. The molecule has 0 saturated heterocycles. The topological polar surface area (TPSA) is 108 Å². The molecule has 5 N–H and O–H groups in total. The van der Waals surface area contributed by atoms with Crippen molar-refractivity contribution in [3.8, 4) is 34.1 Å². The Kier molecular flexibility index (Phi) is 6.52. The molecule has 1 aliphatic rings. The van der Waals surface area contributed by atoms with E-state index < -0.39 is 11.4 Å². The number of carboxylic acid groups (broad SMARTS) is 1. The second-order valence-electron chi connectivity index (χ2n) is 10.8. The number of fused-ring (bicyclic) bond motifs is 3. The predicted octanol–water partition coefficient (Wildman–Crippen LogP) is 8.50. The van der Waals surface area contributed by atoms with Crippen LogP contribution < -0.4 is 20.9 Å². The fourth-order valence-corrected chi connectivity index (χ4v) is 6.10. The molecule has 0 spiro atoms. The van der Waals surface area contributed by atoms with Gasteiger partial charge in [0, 0.05) is 11.4 Å². The fraction of sp³-hybridized carbons (Fsp3) is 0.0263. The average molecular weight is 577 g/mol. The van der Waals surface area contributed by atoms with Gasteiger partial charge in [0.25, 0.3) is 0 Å². The van der Waals surface area contributed by atoms with Crippen LogP contribution in [0.25, 0.3) is 11.1 Å². The van der Waals surface area contributed by atoms with Gasteiger partial charge in [-0.3, -0.25) is 0 Å². The molecule has 7 rings (SSSR count). The van der Waals surface area contributed by atoms with Gasteiger partial charge < -0.3 is 26.0 Å². The number of nitrogens with two attached hydrogens (primary N) is 2. The molecule has 0 radical (unpaired) electrons. The van der Waals surface area contributed by atoms with Crippen molar-refractivity contribution in [3.05, 3.63) is 167 Å². The number of hydrogen-bond acceptors (Lipinski definition) is 5. The first kappa shape index (κ1) is 26.9. The van der Waals surface area contributed by atoms with Crippen molar-refractivity contribution in [3.63, 3.8) is 0 Å². The summed E-state index contributed by atoms with van der Waals surface area (Å²) in [5.74, 6) is 1.80. The van der Waals surface area contributed by atoms with E-state index in [0.717, 1.165) is 33.4 Å². The van der Waals surface area contributed by atoms with E-state index in [1.165, 1.54) is 0 Å². The maximum atomic E-state index is 12.0. The number of rotatable bonds is 7. The summed E-state index contributed by atoms with van der Waals surface area (Å²) in [7, 11) is 0. The van der Waals surface area contributed by atoms with Crippen molar-refractivity contribution in [2.45, 2.75) is 5.41 Å². The molecule has 6 aromatic carbocycles. The van der Waals surface area contributed by atoms with Gasteiger partial charge in [0.15, 0.2) is 0 Å². The van der Waals surface area contributed by atoms with E-state index in [9.17, 15) is 9.90 Å². The van der Waals surface area contributed by atoms with Crippen LogP contribution in [0, 0.1) is 0 Å². The number of carbonyl (C=O) groups is 1. The van der Waals surface area contributed by atoms with E-state index >= 15 is 0 Å². The summed E-state index contributed by atoms with van der Waals surface area (Å²) >= 11 is 0. The standard InChI is InChI=1S/C38H28N2O4/c39-27-10-18-31(19-11-27)43-29-14-6-25(7-15-29)38(26-8-16-30(17-9-26)44-32-20-12-28(40)13-21-32)35-4-2-1-3-33(35)34-23-24(37(41)42)5-22-36(34)38/h1-23H,39-40H2,(H,41,42). The Hall–Kier alpha value is -6.01. The van der Waals surface area contributed by atoms with Gasteiger partial charge in [-0.2, -0.15) is 0 Å². The molecule has 0 saturated carbocycles. The van der Waals surface area contributed by atoms with Crippen molar-refractivity contribution in [2.75, 3.05) is 11.5 Å². The number of aromatic carboxylic acids is 1. The Morgan fingerprint density at radius 2 is 0.955 bits per heavy atom. The van der Waals surface area contributed by atoms with Crippen LogP contribution in [-0.4, -0.2) is 11.1 Å². The van der Waals surface area contributed by atoms with Crippen LogP contribution in [0.2, 0.25) is 0 Å². The van der Waals surface area contributed by atoms with E-state index in [4.69, 9.17) is 20.9 Å². The van der Waals surface area contributed by atoms with E-state index in [-0.39, 0.29) is 5.56 Å². The van der Waals surface area contributed by atoms with Crippen LogP contribution in [0.4, 0.5) is 11.4 Å². The van der Waals surface area contributed by atoms with Gasteiger partial charge in [-0.15, -0.1) is 0 Å². The highest BCUT2D eigenvalue weighted by Crippen LogP contribution is 2.56. The minimum absolute atomic E-state index is 0.244. The number of ether oxygens (including phenoxy) is 2. The Morgan fingerprint density at radius 1 is 0.523 bits per heavy atom. The summed E-state index contributed by atoms with van der Waals surface area (Å²) in [5.41, 5.74) is 18.5. The second kappa shape index (κ2) is 10.7. The van der Waals surface area contributed by atoms with Crippen LogP contribution in [0.3, 0.4) is 0 Å². The van der Waals surface area contributed by atoms with Gasteiger partial charge in [-0.05, 0) is 118 Å². The zero-order chi connectivity index (χ0) is 30.3. The largest absolute Gasteiger partial charge is 0.478 e. The average Bonchev–Trinajstić information content (AvgIpc) is 3.34. The van der Waals surface area contributed by atoms with Crippen LogP contribution in [0.1, 0.15) is 32.6 Å². The van der Waals surface area contributed by atoms with Crippen LogP contribution >= 0.6 is 0 Å². The number of anilines is 2. The van der Waals surface area contributed by atoms with Gasteiger partial charge in [0.2, 0.25) is 0 Å². The Morgan fingerprint density at radius 3 is 1.43 bits per heavy atom. The lowest BCUT2D eigenvalue weighted by molar-refractivity contribution is 0.0697. The summed E-state index contributed by atoms with van der Waals surface area (Å²) in [5, 5.41) is 9.82. The molecule has 0 heterocycles. The maximum Gasteiger partial charge on any atom is 0.335 e. The molecule has 6 nitrogen and oxygen atoms in total. The summed E-state index contributed by atoms with van der Waals surface area (Å²) < 4.78 is 12.2. The molecular weight excluding hydrogens is 548 g/mol. The van der Waals surface area contributed by atoms with Crippen LogP contribution in [0.5, 0.6) is 23.0 Å². The van der Waals surface area contributed by atoms with Crippen molar-refractivity contribution in [2.24, 2.45) is 0 Å². The number of hydrogen-bond donors (Lipinski definition) is 3. The van der Waals surface area contributed by atoms with Crippen molar-refractivity contribution >= 4 is 17.3 Å². The van der Waals surface area contributed by atoms with E-state index in [1.54, 1.807) is 36.4 Å². The van der Waals surface area contributed by atoms with Gasteiger partial charge in [0.05, 0.1) is 11.0 Å². The molecule has 0 amide bonds. The van der Waals surface area contributed by atoms with E-state index in [0.29, 0.717) is 34.4 Å². The van der Waals surface area contributed by atoms with Crippen molar-refractivity contribution in [1.82, 2.24) is 0 Å². The summed E-state index contributed by atoms with van der Waals surface area (Å²) in [6.45, 7) is 0. The predicted molar refractivity (Wildman–Crippen MR) is 173 cm³/mol. The molecule has 1 aliphatic carbocycles. The molecule has 0 aliphatic heterocycles. The molecule has 0 bridgehead atoms. The lowest BCUT2D eigenvalue weighted by Crippen LogP contribution is -2.28. The van der Waals surface area contributed by atoms with Gasteiger partial charge in [-0.25, -0.2) is 4.79 Å². The maximum absolute atomic E-state index is 12.0. The zero-order valence-electron chi connectivity index (χ0n) is 23.6. The smallest absolute Gasteiger partial charge is 0.335 e. The zero-order valence-corrected chi connectivity index (χ0v) is 23.6. The first-order chi connectivity index (χ1) is 21.4. The Labute approximate surface area is 254 Å². The third kappa shape index (κ3) is 4.59. The molecule has 0 atom stereocenters. The summed E-state index contributed by atoms with van der Waals surface area (Å²) in [4.78, 5) is 12.0. The quantitative estimate of drug-likeness (QED) is 0.164. The highest BCUT2D eigenvalue weighted by atomic mass is 16.5. The summed E-state index contributed by atoms with van der Waals surface area (Å²) in [6.07, 6.45) is 0. The Bertz CT molecular complexity index is 1890. The molecule has 0 fully saturated rings. The van der Waals surface area contributed by atoms with Gasteiger partial charge in [-0.1, -0.05) is 54.6 Å². The first-order valence-corrected chi connectivity index (χ1v) is 14.2. The highest BCUT2D eigenvalue weighted by molar-refractivity contribution is 5.93. The number of nitrogen functional groups attached to an aromatic ring is 2. The number of carboxylic acids is 1. The highest BCUT2D eigenvalue weighted by Gasteiger charge is 2.46. The third-order valence-electron chi connectivity index (χ3n) is 8.10. The van der Waals surface area contributed by atoms with E-state index in [2.05, 4.69) is 36.4 Å². The molecule has 214 valence electrons. The first-order valence-electron chi connectivity index (χ1n) is 14.2. The number of benzene rings is 6. The van der Waals surface area contributed by atoms with Crippen LogP contribution in [-0.2, 0) is 5.41 Å². The summed E-state index contributed by atoms with van der Waals surface area (Å²) in [6, 6.07) is 44.2. The minimum Gasteiger partial charge on any atom is -0.478 e. The van der Waals surface area contributed by atoms with E-state index in [1.807, 2.05) is 66.7 Å². The Balaban J connectivity index is 1.37. The van der Waals surface area contributed by atoms with Crippen molar-refractivity contribution < 1.29 is 19.4 Å². The third-order valence-corrected chi connectivity index (χ3v) is 8.10. The molecule has 0 aromatic heterocycles. The second-order valence-corrected chi connectivity index (χ2v) is 10.8. The van der Waals surface area contributed by atoms with Crippen molar-refractivity contribution in [1.29, 1.82) is 0 Å². The van der Waals surface area contributed by atoms with Gasteiger partial charge >= 0.3 is 5.97 Å². The van der Waals surface area contributed by atoms with Crippen LogP contribution in [0.15, 0.2) is 140 Å². The molecule has 44 heavy (non-hydrogen) atoms. The SMILES string of the molecule is Nc1ccc(Oc2ccc(C3(c4ccc(Oc5ccc(N)cc5)cc4)c4ccccc4-c4cc(C(=O)O)ccc43)cc2)cc1. The van der Waals surface area contributed by atoms with Gasteiger partial charge in [0.1, 0.15) is 23.0 Å². The molecule has 0 unspecified atom stereocenters. The lowest BCUT2D eigenvalue weighted by atomic mass is 9.67.